The molecule has 32 heavy (non-hydrogen) atoms. The number of aromatic nitrogens is 4. The largest absolute Gasteiger partial charge is 0.444 e. The van der Waals surface area contributed by atoms with Crippen molar-refractivity contribution >= 4 is 22.9 Å². The first-order chi connectivity index (χ1) is 15.2. The molecule has 2 N–H and O–H groups in total. The molecule has 0 unspecified atom stereocenters. The first kappa shape index (κ1) is 21.9. The molecule has 3 aromatic rings. The highest BCUT2D eigenvalue weighted by atomic mass is 16.6. The van der Waals surface area contributed by atoms with Crippen molar-refractivity contribution in [3.05, 3.63) is 47.3 Å². The van der Waals surface area contributed by atoms with Crippen LogP contribution in [0.15, 0.2) is 41.7 Å². The molecule has 0 aliphatic heterocycles. The van der Waals surface area contributed by atoms with E-state index in [-0.39, 0.29) is 17.7 Å². The average Bonchev–Trinajstić information content (AvgIpc) is 3.33. The summed E-state index contributed by atoms with van der Waals surface area (Å²) in [4.78, 5) is 33.3. The molecule has 170 valence electrons. The number of carbonyl (C=O) groups excluding carboxylic acids is 1. The van der Waals surface area contributed by atoms with Crippen LogP contribution in [-0.4, -0.2) is 43.4 Å². The number of fused-ring (bicyclic) bond motifs is 1. The molecule has 3 aromatic heterocycles. The maximum Gasteiger partial charge on any atom is 0.407 e. The van der Waals surface area contributed by atoms with Gasteiger partial charge in [-0.3, -0.25) is 9.36 Å². The summed E-state index contributed by atoms with van der Waals surface area (Å²) in [6.07, 6.45) is 7.59. The smallest absolute Gasteiger partial charge is 0.407 e. The normalized spacial score (nSPS) is 18.6. The van der Waals surface area contributed by atoms with Crippen LogP contribution in [0.3, 0.4) is 0 Å². The first-order valence-corrected chi connectivity index (χ1v) is 10.9. The number of nitrogens with one attached hydrogen (secondary N) is 2. The number of pyridine rings is 2. The van der Waals surface area contributed by atoms with Crippen LogP contribution in [0.1, 0.15) is 40.0 Å². The number of hydrogen-bond donors (Lipinski definition) is 2. The number of imidazole rings is 1. The Balaban J connectivity index is 1.32. The van der Waals surface area contributed by atoms with Crippen LogP contribution in [0, 0.1) is 5.92 Å². The summed E-state index contributed by atoms with van der Waals surface area (Å²) in [7, 11) is 1.86. The van der Waals surface area contributed by atoms with E-state index in [1.54, 1.807) is 23.3 Å². The number of amides is 1. The zero-order valence-corrected chi connectivity index (χ0v) is 19.0. The van der Waals surface area contributed by atoms with Crippen molar-refractivity contribution in [3.8, 4) is 5.69 Å². The van der Waals surface area contributed by atoms with Gasteiger partial charge in [0.2, 0.25) is 0 Å². The molecule has 3 heterocycles. The van der Waals surface area contributed by atoms with Gasteiger partial charge in [-0.05, 0) is 64.2 Å². The predicted octanol–water partition coefficient (Wildman–Crippen LogP) is 3.22. The second-order valence-corrected chi connectivity index (χ2v) is 9.38. The third-order valence-corrected chi connectivity index (χ3v) is 5.65. The minimum Gasteiger partial charge on any atom is -0.444 e. The Labute approximate surface area is 186 Å². The van der Waals surface area contributed by atoms with Gasteiger partial charge >= 0.3 is 6.09 Å². The number of carbonyl (C=O) groups is 1. The van der Waals surface area contributed by atoms with E-state index >= 15 is 0 Å². The van der Waals surface area contributed by atoms with E-state index in [4.69, 9.17) is 4.74 Å². The number of ether oxygens (including phenoxy) is 1. The fourth-order valence-electron chi connectivity index (χ4n) is 4.08. The van der Waals surface area contributed by atoms with Crippen LogP contribution in [0.5, 0.6) is 0 Å². The van der Waals surface area contributed by atoms with Gasteiger partial charge in [0.15, 0.2) is 5.52 Å². The molecule has 9 nitrogen and oxygen atoms in total. The third kappa shape index (κ3) is 4.92. The highest BCUT2D eigenvalue weighted by Gasteiger charge is 2.27. The fourth-order valence-corrected chi connectivity index (χ4v) is 4.08. The summed E-state index contributed by atoms with van der Waals surface area (Å²) in [6, 6.07) is 5.75. The molecule has 9 heteroatoms. The van der Waals surface area contributed by atoms with Gasteiger partial charge < -0.3 is 19.9 Å². The lowest BCUT2D eigenvalue weighted by Crippen LogP contribution is -2.38. The van der Waals surface area contributed by atoms with Crippen molar-refractivity contribution in [2.75, 3.05) is 11.9 Å². The summed E-state index contributed by atoms with van der Waals surface area (Å²) < 4.78 is 8.71. The van der Waals surface area contributed by atoms with Crippen LogP contribution < -0.4 is 16.2 Å². The van der Waals surface area contributed by atoms with Gasteiger partial charge in [0.1, 0.15) is 11.4 Å². The third-order valence-electron chi connectivity index (χ3n) is 5.65. The summed E-state index contributed by atoms with van der Waals surface area (Å²) >= 11 is 0. The Kier molecular flexibility index (Phi) is 5.90. The molecule has 0 aromatic carbocycles. The molecule has 1 aliphatic carbocycles. The Hall–Kier alpha value is -3.36. The Morgan fingerprint density at radius 2 is 2.03 bits per heavy atom. The number of hydrogen-bond acceptors (Lipinski definition) is 6. The van der Waals surface area contributed by atoms with Crippen LogP contribution in [0.4, 0.5) is 10.6 Å². The van der Waals surface area contributed by atoms with Gasteiger partial charge in [-0.25, -0.2) is 14.8 Å². The Bertz CT molecular complexity index is 1160. The van der Waals surface area contributed by atoms with Gasteiger partial charge in [0, 0.05) is 25.8 Å². The molecule has 0 radical (unpaired) electrons. The standard InChI is InChI=1S/C23H30N6O3/c1-23(2,3)32-22(31)27-16-6-5-15(11-16)12-24-19-8-7-17(13-25-19)29-10-9-18-20(21(29)30)26-14-28(18)4/h7-10,13-16H,5-6,11-12H2,1-4H3,(H,24,25)(H,27,31)/t15-,16-/m0/s1. The van der Waals surface area contributed by atoms with Gasteiger partial charge in [-0.15, -0.1) is 0 Å². The van der Waals surface area contributed by atoms with Crippen LogP contribution in [0.2, 0.25) is 0 Å². The second-order valence-electron chi connectivity index (χ2n) is 9.38. The molecule has 1 aliphatic rings. The lowest BCUT2D eigenvalue weighted by molar-refractivity contribution is 0.0504. The quantitative estimate of drug-likeness (QED) is 0.634. The lowest BCUT2D eigenvalue weighted by atomic mass is 10.1. The molecule has 0 bridgehead atoms. The Morgan fingerprint density at radius 1 is 1.22 bits per heavy atom. The van der Waals surface area contributed by atoms with Crippen LogP contribution >= 0.6 is 0 Å². The van der Waals surface area contributed by atoms with Gasteiger partial charge in [-0.2, -0.15) is 0 Å². The predicted molar refractivity (Wildman–Crippen MR) is 123 cm³/mol. The van der Waals surface area contributed by atoms with Gasteiger partial charge in [-0.1, -0.05) is 0 Å². The summed E-state index contributed by atoms with van der Waals surface area (Å²) in [5.74, 6) is 1.20. The van der Waals surface area contributed by atoms with Gasteiger partial charge in [0.25, 0.3) is 5.56 Å². The number of nitrogens with zero attached hydrogens (tertiary/aromatic N) is 4. The number of aryl methyl sites for hydroxylation is 1. The zero-order valence-electron chi connectivity index (χ0n) is 19.0. The minimum absolute atomic E-state index is 0.139. The highest BCUT2D eigenvalue weighted by molar-refractivity contribution is 5.74. The van der Waals surface area contributed by atoms with Gasteiger partial charge in [0.05, 0.1) is 23.7 Å². The average molecular weight is 439 g/mol. The number of alkyl carbamates (subject to hydrolysis) is 1. The maximum absolute atomic E-state index is 12.7. The van der Waals surface area contributed by atoms with Crippen molar-refractivity contribution in [2.45, 2.75) is 51.7 Å². The molecular weight excluding hydrogens is 408 g/mol. The number of rotatable bonds is 5. The highest BCUT2D eigenvalue weighted by Crippen LogP contribution is 2.26. The zero-order chi connectivity index (χ0) is 22.9. The fraction of sp³-hybridized carbons (Fsp3) is 0.478. The van der Waals surface area contributed by atoms with Crippen LogP contribution in [0.25, 0.3) is 16.7 Å². The monoisotopic (exact) mass is 438 g/mol. The SMILES string of the molecule is Cn1cnc2c(=O)n(-c3ccc(NC[C@H]4CC[C@H](NC(=O)OC(C)(C)C)C4)nc3)ccc21. The van der Waals surface area contributed by atoms with Crippen molar-refractivity contribution in [2.24, 2.45) is 13.0 Å². The summed E-state index contributed by atoms with van der Waals surface area (Å²) in [5, 5.41) is 6.33. The van der Waals surface area contributed by atoms with E-state index in [0.717, 1.165) is 37.1 Å². The molecule has 2 atom stereocenters. The first-order valence-electron chi connectivity index (χ1n) is 10.9. The van der Waals surface area contributed by atoms with Crippen molar-refractivity contribution in [3.63, 3.8) is 0 Å². The number of anilines is 1. The van der Waals surface area contributed by atoms with E-state index in [1.165, 1.54) is 0 Å². The van der Waals surface area contributed by atoms with E-state index < -0.39 is 5.60 Å². The molecule has 0 saturated heterocycles. The molecule has 0 spiro atoms. The summed E-state index contributed by atoms with van der Waals surface area (Å²) in [6.45, 7) is 6.36. The topological polar surface area (TPSA) is 103 Å². The molecule has 1 saturated carbocycles. The molecule has 1 fully saturated rings. The lowest BCUT2D eigenvalue weighted by Gasteiger charge is -2.21. The molecule has 4 rings (SSSR count). The van der Waals surface area contributed by atoms with E-state index in [2.05, 4.69) is 20.6 Å². The molecule has 1 amide bonds. The van der Waals surface area contributed by atoms with E-state index in [0.29, 0.717) is 17.1 Å². The molecular formula is C23H30N6O3. The minimum atomic E-state index is -0.490. The van der Waals surface area contributed by atoms with Crippen LogP contribution in [-0.2, 0) is 11.8 Å². The van der Waals surface area contributed by atoms with Crippen molar-refractivity contribution in [1.82, 2.24) is 24.4 Å². The van der Waals surface area contributed by atoms with E-state index in [1.807, 2.05) is 50.6 Å². The second kappa shape index (κ2) is 8.64. The summed E-state index contributed by atoms with van der Waals surface area (Å²) in [5.41, 5.74) is 1.27. The van der Waals surface area contributed by atoms with Crippen molar-refractivity contribution < 1.29 is 9.53 Å². The van der Waals surface area contributed by atoms with Crippen molar-refractivity contribution in [1.29, 1.82) is 0 Å². The maximum atomic E-state index is 12.7. The van der Waals surface area contributed by atoms with E-state index in [9.17, 15) is 9.59 Å². The Morgan fingerprint density at radius 3 is 2.75 bits per heavy atom.